The SMILES string of the molecule is CCC(C(=O)O)N(C)C(=O)CCOc1cccc(F)c1. The molecule has 0 spiro atoms. The van der Waals surface area contributed by atoms with E-state index >= 15 is 0 Å². The van der Waals surface area contributed by atoms with Crippen LogP contribution in [0.2, 0.25) is 0 Å². The molecule has 6 heteroatoms. The normalized spacial score (nSPS) is 11.8. The van der Waals surface area contributed by atoms with E-state index in [0.717, 1.165) is 0 Å². The first-order chi connectivity index (χ1) is 9.45. The highest BCUT2D eigenvalue weighted by molar-refractivity contribution is 5.83. The number of ether oxygens (including phenoxy) is 1. The smallest absolute Gasteiger partial charge is 0.326 e. The first-order valence-corrected chi connectivity index (χ1v) is 6.32. The van der Waals surface area contributed by atoms with E-state index in [0.29, 0.717) is 12.2 Å². The molecule has 1 unspecified atom stereocenters. The molecule has 0 bridgehead atoms. The van der Waals surface area contributed by atoms with Gasteiger partial charge in [0.2, 0.25) is 5.91 Å². The lowest BCUT2D eigenvalue weighted by atomic mass is 10.2. The van der Waals surface area contributed by atoms with Crippen molar-refractivity contribution in [2.45, 2.75) is 25.8 Å². The van der Waals surface area contributed by atoms with Crippen molar-refractivity contribution >= 4 is 11.9 Å². The number of hydrogen-bond acceptors (Lipinski definition) is 3. The molecule has 0 heterocycles. The van der Waals surface area contributed by atoms with Crippen molar-refractivity contribution in [3.05, 3.63) is 30.1 Å². The van der Waals surface area contributed by atoms with E-state index in [4.69, 9.17) is 9.84 Å². The van der Waals surface area contributed by atoms with E-state index in [1.54, 1.807) is 13.0 Å². The molecule has 0 fully saturated rings. The maximum Gasteiger partial charge on any atom is 0.326 e. The topological polar surface area (TPSA) is 66.8 Å². The zero-order valence-electron chi connectivity index (χ0n) is 11.5. The van der Waals surface area contributed by atoms with E-state index in [9.17, 15) is 14.0 Å². The van der Waals surface area contributed by atoms with Crippen LogP contribution in [-0.2, 0) is 9.59 Å². The molecule has 110 valence electrons. The number of hydrogen-bond donors (Lipinski definition) is 1. The predicted molar refractivity (Wildman–Crippen MR) is 71.0 cm³/mol. The summed E-state index contributed by atoms with van der Waals surface area (Å²) in [5.41, 5.74) is 0. The van der Waals surface area contributed by atoms with Gasteiger partial charge in [0.05, 0.1) is 13.0 Å². The van der Waals surface area contributed by atoms with Crippen LogP contribution in [0.5, 0.6) is 5.75 Å². The molecule has 1 amide bonds. The van der Waals surface area contributed by atoms with Gasteiger partial charge in [-0.2, -0.15) is 0 Å². The third-order valence-electron chi connectivity index (χ3n) is 2.91. The van der Waals surface area contributed by atoms with Crippen LogP contribution >= 0.6 is 0 Å². The molecule has 0 saturated carbocycles. The highest BCUT2D eigenvalue weighted by atomic mass is 19.1. The number of benzene rings is 1. The maximum atomic E-state index is 12.9. The summed E-state index contributed by atoms with van der Waals surface area (Å²) in [6.45, 7) is 1.77. The lowest BCUT2D eigenvalue weighted by Gasteiger charge is -2.23. The van der Waals surface area contributed by atoms with Gasteiger partial charge in [-0.15, -0.1) is 0 Å². The minimum absolute atomic E-state index is 0.0385. The zero-order chi connectivity index (χ0) is 15.1. The fourth-order valence-corrected chi connectivity index (χ4v) is 1.78. The number of halogens is 1. The molecular weight excluding hydrogens is 265 g/mol. The Bertz CT molecular complexity index is 478. The molecule has 0 radical (unpaired) electrons. The molecule has 20 heavy (non-hydrogen) atoms. The molecule has 0 aliphatic carbocycles. The summed E-state index contributed by atoms with van der Waals surface area (Å²) in [5, 5.41) is 8.96. The number of carboxylic acid groups (broad SMARTS) is 1. The Morgan fingerprint density at radius 1 is 1.45 bits per heavy atom. The van der Waals surface area contributed by atoms with Crippen molar-refractivity contribution in [1.29, 1.82) is 0 Å². The number of carbonyl (C=O) groups excluding carboxylic acids is 1. The molecule has 0 aromatic heterocycles. The first kappa shape index (κ1) is 15.9. The Hall–Kier alpha value is -2.11. The molecule has 1 aromatic rings. The largest absolute Gasteiger partial charge is 0.493 e. The fraction of sp³-hybridized carbons (Fsp3) is 0.429. The van der Waals surface area contributed by atoms with Crippen molar-refractivity contribution in [2.75, 3.05) is 13.7 Å². The lowest BCUT2D eigenvalue weighted by molar-refractivity contribution is -0.149. The summed E-state index contributed by atoms with van der Waals surface area (Å²) in [4.78, 5) is 23.9. The third-order valence-corrected chi connectivity index (χ3v) is 2.91. The van der Waals surface area contributed by atoms with Crippen molar-refractivity contribution in [2.24, 2.45) is 0 Å². The van der Waals surface area contributed by atoms with Gasteiger partial charge in [0.15, 0.2) is 0 Å². The molecule has 0 aliphatic heterocycles. The minimum Gasteiger partial charge on any atom is -0.493 e. The molecule has 1 rings (SSSR count). The first-order valence-electron chi connectivity index (χ1n) is 6.32. The van der Waals surface area contributed by atoms with Gasteiger partial charge in [0.25, 0.3) is 0 Å². The number of aliphatic carboxylic acids is 1. The van der Waals surface area contributed by atoms with Gasteiger partial charge < -0.3 is 14.7 Å². The summed E-state index contributed by atoms with van der Waals surface area (Å²) < 4.78 is 18.1. The highest BCUT2D eigenvalue weighted by Crippen LogP contribution is 2.12. The average Bonchev–Trinajstić information content (AvgIpc) is 2.38. The van der Waals surface area contributed by atoms with Crippen molar-refractivity contribution in [3.63, 3.8) is 0 Å². The summed E-state index contributed by atoms with van der Waals surface area (Å²) in [6.07, 6.45) is 0.374. The van der Waals surface area contributed by atoms with E-state index in [1.807, 2.05) is 0 Å². The van der Waals surface area contributed by atoms with Gasteiger partial charge in [0, 0.05) is 13.1 Å². The number of amides is 1. The second kappa shape index (κ2) is 7.47. The quantitative estimate of drug-likeness (QED) is 0.830. The predicted octanol–water partition coefficient (Wildman–Crippen LogP) is 1.92. The number of rotatable bonds is 7. The Morgan fingerprint density at radius 2 is 2.15 bits per heavy atom. The molecular formula is C14H18FNO4. The Balaban J connectivity index is 2.45. The molecule has 1 aromatic carbocycles. The third kappa shape index (κ3) is 4.53. The standard InChI is InChI=1S/C14H18FNO4/c1-3-12(14(18)19)16(2)13(17)7-8-20-11-6-4-5-10(15)9-11/h4-6,9,12H,3,7-8H2,1-2H3,(H,18,19). The zero-order valence-corrected chi connectivity index (χ0v) is 11.5. The molecule has 0 saturated heterocycles. The summed E-state index contributed by atoms with van der Waals surface area (Å²) in [7, 11) is 1.45. The van der Waals surface area contributed by atoms with Crippen LogP contribution in [0, 0.1) is 5.82 Å². The van der Waals surface area contributed by atoms with Gasteiger partial charge in [0.1, 0.15) is 17.6 Å². The molecule has 1 N–H and O–H groups in total. The summed E-state index contributed by atoms with van der Waals surface area (Å²) in [5.74, 6) is -1.43. The summed E-state index contributed by atoms with van der Waals surface area (Å²) in [6, 6.07) is 4.78. The van der Waals surface area contributed by atoms with Crippen LogP contribution in [0.3, 0.4) is 0 Å². The molecule has 5 nitrogen and oxygen atoms in total. The Labute approximate surface area is 117 Å². The van der Waals surface area contributed by atoms with Gasteiger partial charge in [-0.05, 0) is 18.6 Å². The van der Waals surface area contributed by atoms with Crippen LogP contribution in [0.1, 0.15) is 19.8 Å². The monoisotopic (exact) mass is 283 g/mol. The maximum absolute atomic E-state index is 12.9. The second-order valence-electron chi connectivity index (χ2n) is 4.32. The van der Waals surface area contributed by atoms with Crippen LogP contribution in [0.15, 0.2) is 24.3 Å². The number of carbonyl (C=O) groups is 2. The van der Waals surface area contributed by atoms with Crippen LogP contribution in [0.25, 0.3) is 0 Å². The number of likely N-dealkylation sites (N-methyl/N-ethyl adjacent to an activating group) is 1. The van der Waals surface area contributed by atoms with Crippen molar-refractivity contribution < 1.29 is 23.8 Å². The van der Waals surface area contributed by atoms with E-state index in [1.165, 1.54) is 30.1 Å². The average molecular weight is 283 g/mol. The number of nitrogens with zero attached hydrogens (tertiary/aromatic N) is 1. The van der Waals surface area contributed by atoms with E-state index < -0.39 is 17.8 Å². The fourth-order valence-electron chi connectivity index (χ4n) is 1.78. The van der Waals surface area contributed by atoms with Gasteiger partial charge in [-0.1, -0.05) is 13.0 Å². The Morgan fingerprint density at radius 3 is 2.70 bits per heavy atom. The van der Waals surface area contributed by atoms with Crippen LogP contribution in [-0.4, -0.2) is 41.6 Å². The molecule has 0 aliphatic rings. The Kier molecular flexibility index (Phi) is 5.96. The lowest BCUT2D eigenvalue weighted by Crippen LogP contribution is -2.42. The van der Waals surface area contributed by atoms with Crippen LogP contribution < -0.4 is 4.74 Å². The van der Waals surface area contributed by atoms with Crippen molar-refractivity contribution in [1.82, 2.24) is 4.90 Å². The van der Waals surface area contributed by atoms with Gasteiger partial charge in [-0.25, -0.2) is 9.18 Å². The van der Waals surface area contributed by atoms with E-state index in [-0.39, 0.29) is 18.9 Å². The van der Waals surface area contributed by atoms with Gasteiger partial charge >= 0.3 is 5.97 Å². The van der Waals surface area contributed by atoms with Crippen molar-refractivity contribution in [3.8, 4) is 5.75 Å². The second-order valence-corrected chi connectivity index (χ2v) is 4.32. The highest BCUT2D eigenvalue weighted by Gasteiger charge is 2.24. The summed E-state index contributed by atoms with van der Waals surface area (Å²) >= 11 is 0. The van der Waals surface area contributed by atoms with E-state index in [2.05, 4.69) is 0 Å². The van der Waals surface area contributed by atoms with Crippen LogP contribution in [0.4, 0.5) is 4.39 Å². The minimum atomic E-state index is -1.03. The van der Waals surface area contributed by atoms with Gasteiger partial charge in [-0.3, -0.25) is 4.79 Å². The molecule has 1 atom stereocenters. The number of carboxylic acids is 1.